The maximum atomic E-state index is 12.9. The number of fused-ring (bicyclic) bond motifs is 1. The highest BCUT2D eigenvalue weighted by Gasteiger charge is 2.15. The second-order valence-electron chi connectivity index (χ2n) is 6.01. The van der Waals surface area contributed by atoms with Crippen LogP contribution >= 0.6 is 0 Å². The van der Waals surface area contributed by atoms with Gasteiger partial charge in [-0.25, -0.2) is 4.79 Å². The molecular formula is C20H19NO5. The topological polar surface area (TPSA) is 69.0 Å². The normalized spacial score (nSPS) is 10.6. The van der Waals surface area contributed by atoms with Crippen molar-refractivity contribution in [2.24, 2.45) is 0 Å². The highest BCUT2D eigenvalue weighted by atomic mass is 16.6. The minimum Gasteiger partial charge on any atom is -0.497 e. The molecule has 0 bridgehead atoms. The van der Waals surface area contributed by atoms with Gasteiger partial charge in [0.1, 0.15) is 22.8 Å². The largest absolute Gasteiger partial charge is 0.497 e. The van der Waals surface area contributed by atoms with Crippen LogP contribution in [-0.2, 0) is 0 Å². The Balaban J connectivity index is 2.07. The lowest BCUT2D eigenvalue weighted by molar-refractivity contribution is 0.172. The van der Waals surface area contributed by atoms with E-state index in [1.54, 1.807) is 58.5 Å². The number of aryl methyl sites for hydroxylation is 1. The number of ether oxygens (including phenoxy) is 2. The molecule has 0 saturated carbocycles. The maximum absolute atomic E-state index is 12.9. The van der Waals surface area contributed by atoms with Crippen LogP contribution in [0.3, 0.4) is 0 Å². The number of methoxy groups -OCH3 is 1. The van der Waals surface area contributed by atoms with Gasteiger partial charge in [0.2, 0.25) is 5.43 Å². The van der Waals surface area contributed by atoms with Crippen LogP contribution in [0.15, 0.2) is 51.7 Å². The summed E-state index contributed by atoms with van der Waals surface area (Å²) < 4.78 is 16.2. The molecule has 0 aliphatic heterocycles. The number of rotatable bonds is 3. The minimum absolute atomic E-state index is 0.139. The number of carbonyl (C=O) groups is 1. The van der Waals surface area contributed by atoms with Gasteiger partial charge in [0.05, 0.1) is 18.1 Å². The average Bonchev–Trinajstić information content (AvgIpc) is 2.62. The third-order valence-electron chi connectivity index (χ3n) is 3.99. The summed E-state index contributed by atoms with van der Waals surface area (Å²) in [5.74, 6) is 1.52. The number of amides is 1. The van der Waals surface area contributed by atoms with Crippen molar-refractivity contribution in [1.29, 1.82) is 0 Å². The Morgan fingerprint density at radius 3 is 2.31 bits per heavy atom. The zero-order valence-corrected chi connectivity index (χ0v) is 15.0. The maximum Gasteiger partial charge on any atom is 0.414 e. The lowest BCUT2D eigenvalue weighted by Crippen LogP contribution is -2.25. The van der Waals surface area contributed by atoms with E-state index in [0.29, 0.717) is 33.8 Å². The van der Waals surface area contributed by atoms with E-state index in [2.05, 4.69) is 0 Å². The third-order valence-corrected chi connectivity index (χ3v) is 3.99. The van der Waals surface area contributed by atoms with Crippen molar-refractivity contribution in [2.45, 2.75) is 6.92 Å². The summed E-state index contributed by atoms with van der Waals surface area (Å²) in [4.78, 5) is 25.9. The molecule has 0 aliphatic carbocycles. The highest BCUT2D eigenvalue weighted by molar-refractivity contribution is 5.84. The number of benzene rings is 2. The molecule has 2 aromatic carbocycles. The molecule has 0 atom stereocenters. The summed E-state index contributed by atoms with van der Waals surface area (Å²) in [6.45, 7) is 1.74. The summed E-state index contributed by atoms with van der Waals surface area (Å²) in [5.41, 5.74) is 1.48. The summed E-state index contributed by atoms with van der Waals surface area (Å²) in [7, 11) is 4.77. The molecule has 6 nitrogen and oxygen atoms in total. The Kier molecular flexibility index (Phi) is 4.67. The van der Waals surface area contributed by atoms with Crippen molar-refractivity contribution in [3.05, 3.63) is 58.4 Å². The van der Waals surface area contributed by atoms with Crippen molar-refractivity contribution < 1.29 is 18.7 Å². The van der Waals surface area contributed by atoms with Gasteiger partial charge in [-0.3, -0.25) is 4.79 Å². The van der Waals surface area contributed by atoms with Crippen LogP contribution in [0.5, 0.6) is 11.5 Å². The Morgan fingerprint density at radius 2 is 1.69 bits per heavy atom. The second-order valence-corrected chi connectivity index (χ2v) is 6.01. The highest BCUT2D eigenvalue weighted by Crippen LogP contribution is 2.27. The molecule has 0 saturated heterocycles. The lowest BCUT2D eigenvalue weighted by atomic mass is 10.0. The van der Waals surface area contributed by atoms with E-state index >= 15 is 0 Å². The van der Waals surface area contributed by atoms with E-state index in [-0.39, 0.29) is 5.43 Å². The van der Waals surface area contributed by atoms with Crippen molar-refractivity contribution in [3.63, 3.8) is 0 Å². The van der Waals surface area contributed by atoms with Crippen molar-refractivity contribution in [1.82, 2.24) is 4.90 Å². The van der Waals surface area contributed by atoms with E-state index in [9.17, 15) is 9.59 Å². The fourth-order valence-electron chi connectivity index (χ4n) is 2.63. The molecule has 0 radical (unpaired) electrons. The molecule has 0 fully saturated rings. The first-order valence-corrected chi connectivity index (χ1v) is 8.01. The van der Waals surface area contributed by atoms with Gasteiger partial charge in [0, 0.05) is 20.2 Å². The van der Waals surface area contributed by atoms with E-state index in [1.807, 2.05) is 12.1 Å². The second kappa shape index (κ2) is 6.92. The van der Waals surface area contributed by atoms with E-state index in [4.69, 9.17) is 13.9 Å². The monoisotopic (exact) mass is 353 g/mol. The molecule has 0 spiro atoms. The lowest BCUT2D eigenvalue weighted by Gasteiger charge is -2.12. The van der Waals surface area contributed by atoms with Crippen LogP contribution in [0.25, 0.3) is 22.1 Å². The van der Waals surface area contributed by atoms with Gasteiger partial charge < -0.3 is 18.8 Å². The molecule has 3 aromatic rings. The van der Waals surface area contributed by atoms with Gasteiger partial charge in [-0.05, 0) is 36.8 Å². The molecule has 0 unspecified atom stereocenters. The van der Waals surface area contributed by atoms with Gasteiger partial charge in [0.25, 0.3) is 0 Å². The number of nitrogens with zero attached hydrogens (tertiary/aromatic N) is 1. The summed E-state index contributed by atoms with van der Waals surface area (Å²) in [6.07, 6.45) is -0.502. The smallest absolute Gasteiger partial charge is 0.414 e. The molecule has 26 heavy (non-hydrogen) atoms. The van der Waals surface area contributed by atoms with Gasteiger partial charge in [-0.1, -0.05) is 12.1 Å². The standard InChI is InChI=1S/C20H19NO5/c1-12-18(13-5-7-14(24-4)8-6-13)19(22)16-10-9-15(11-17(16)25-12)26-20(23)21(2)3/h5-11H,1-4H3. The fourth-order valence-corrected chi connectivity index (χ4v) is 2.63. The van der Waals surface area contributed by atoms with Crippen molar-refractivity contribution in [3.8, 4) is 22.6 Å². The predicted molar refractivity (Wildman–Crippen MR) is 98.9 cm³/mol. The molecule has 6 heteroatoms. The molecule has 3 rings (SSSR count). The molecule has 1 amide bonds. The summed E-state index contributed by atoms with van der Waals surface area (Å²) >= 11 is 0. The Labute approximate surface area is 150 Å². The van der Waals surface area contributed by atoms with E-state index < -0.39 is 6.09 Å². The van der Waals surface area contributed by atoms with Crippen molar-refractivity contribution in [2.75, 3.05) is 21.2 Å². The van der Waals surface area contributed by atoms with Crippen LogP contribution in [0.4, 0.5) is 4.79 Å². The number of carbonyl (C=O) groups excluding carboxylic acids is 1. The Hall–Kier alpha value is -3.28. The quantitative estimate of drug-likeness (QED) is 0.716. The minimum atomic E-state index is -0.502. The Morgan fingerprint density at radius 1 is 1.04 bits per heavy atom. The SMILES string of the molecule is COc1ccc(-c2c(C)oc3cc(OC(=O)N(C)C)ccc3c2=O)cc1. The molecule has 1 aromatic heterocycles. The van der Waals surface area contributed by atoms with Crippen LogP contribution in [0.1, 0.15) is 5.76 Å². The van der Waals surface area contributed by atoms with Gasteiger partial charge in [0.15, 0.2) is 0 Å². The number of hydrogen-bond donors (Lipinski definition) is 0. The van der Waals surface area contributed by atoms with Crippen LogP contribution < -0.4 is 14.9 Å². The van der Waals surface area contributed by atoms with Crippen LogP contribution in [0.2, 0.25) is 0 Å². The molecule has 134 valence electrons. The number of hydrogen-bond acceptors (Lipinski definition) is 5. The third kappa shape index (κ3) is 3.26. The molecule has 0 aliphatic rings. The predicted octanol–water partition coefficient (Wildman–Crippen LogP) is 3.84. The van der Waals surface area contributed by atoms with Crippen LogP contribution in [0, 0.1) is 6.92 Å². The first kappa shape index (κ1) is 17.5. The summed E-state index contributed by atoms with van der Waals surface area (Å²) in [6, 6.07) is 11.9. The zero-order valence-electron chi connectivity index (χ0n) is 15.0. The Bertz CT molecular complexity index is 1020. The molecule has 1 heterocycles. The summed E-state index contributed by atoms with van der Waals surface area (Å²) in [5, 5.41) is 0.422. The van der Waals surface area contributed by atoms with Gasteiger partial charge in [-0.15, -0.1) is 0 Å². The fraction of sp³-hybridized carbons (Fsp3) is 0.200. The first-order chi connectivity index (χ1) is 12.4. The first-order valence-electron chi connectivity index (χ1n) is 8.01. The average molecular weight is 353 g/mol. The van der Waals surface area contributed by atoms with Crippen LogP contribution in [-0.4, -0.2) is 32.2 Å². The van der Waals surface area contributed by atoms with Gasteiger partial charge in [-0.2, -0.15) is 0 Å². The van der Waals surface area contributed by atoms with E-state index in [1.165, 1.54) is 4.90 Å². The molecule has 0 N–H and O–H groups in total. The zero-order chi connectivity index (χ0) is 18.8. The molecular weight excluding hydrogens is 334 g/mol. The van der Waals surface area contributed by atoms with E-state index in [0.717, 1.165) is 5.56 Å². The van der Waals surface area contributed by atoms with Gasteiger partial charge >= 0.3 is 6.09 Å². The van der Waals surface area contributed by atoms with Crippen molar-refractivity contribution >= 4 is 17.1 Å².